The fourth-order valence-corrected chi connectivity index (χ4v) is 4.06. The third-order valence-corrected chi connectivity index (χ3v) is 4.87. The van der Waals surface area contributed by atoms with Gasteiger partial charge in [-0.3, -0.25) is 0 Å². The third-order valence-electron chi connectivity index (χ3n) is 4.87. The average Bonchev–Trinajstić information content (AvgIpc) is 2.59. The van der Waals surface area contributed by atoms with E-state index in [2.05, 4.69) is 18.3 Å². The van der Waals surface area contributed by atoms with E-state index in [-0.39, 0.29) is 11.5 Å². The number of hydrogen-bond donors (Lipinski definition) is 2. The molecular weight excluding hydrogens is 214 g/mol. The lowest BCUT2D eigenvalue weighted by atomic mass is 9.63. The van der Waals surface area contributed by atoms with Crippen LogP contribution in [0, 0.1) is 0 Å². The second kappa shape index (κ2) is 2.96. The highest BCUT2D eigenvalue weighted by Crippen LogP contribution is 2.56. The van der Waals surface area contributed by atoms with Gasteiger partial charge in [0.05, 0.1) is 0 Å². The van der Waals surface area contributed by atoms with Crippen molar-refractivity contribution in [3.63, 3.8) is 0 Å². The maximum Gasteiger partial charge on any atom is 0.165 e. The zero-order valence-corrected chi connectivity index (χ0v) is 9.99. The number of piperidine rings is 1. The van der Waals surface area contributed by atoms with Crippen molar-refractivity contribution in [3.8, 4) is 11.5 Å². The minimum atomic E-state index is 0.150. The Balaban J connectivity index is 2.01. The highest BCUT2D eigenvalue weighted by Gasteiger charge is 2.53. The lowest BCUT2D eigenvalue weighted by Gasteiger charge is -2.45. The molecule has 0 aromatic heterocycles. The fraction of sp³-hybridized carbons (Fsp3) is 0.571. The first-order valence-corrected chi connectivity index (χ1v) is 6.46. The minimum Gasteiger partial charge on any atom is -0.504 e. The lowest BCUT2D eigenvalue weighted by molar-refractivity contribution is 0.110. The van der Waals surface area contributed by atoms with Crippen LogP contribution in [0.4, 0.5) is 0 Å². The Morgan fingerprint density at radius 3 is 3.24 bits per heavy atom. The Hall–Kier alpha value is -1.22. The van der Waals surface area contributed by atoms with Crippen molar-refractivity contribution < 1.29 is 9.84 Å². The van der Waals surface area contributed by atoms with E-state index in [4.69, 9.17) is 4.74 Å². The van der Waals surface area contributed by atoms with E-state index in [0.717, 1.165) is 31.6 Å². The van der Waals surface area contributed by atoms with E-state index < -0.39 is 0 Å². The van der Waals surface area contributed by atoms with Gasteiger partial charge in [-0.15, -0.1) is 0 Å². The van der Waals surface area contributed by atoms with Crippen LogP contribution in [0.1, 0.15) is 30.9 Å². The number of benzene rings is 1. The highest BCUT2D eigenvalue weighted by molar-refractivity contribution is 5.59. The van der Waals surface area contributed by atoms with Gasteiger partial charge in [0, 0.05) is 17.0 Å². The maximum atomic E-state index is 9.96. The molecule has 2 aliphatic heterocycles. The summed E-state index contributed by atoms with van der Waals surface area (Å²) in [5, 5.41) is 13.6. The molecule has 0 amide bonds. The van der Waals surface area contributed by atoms with Crippen LogP contribution in [-0.2, 0) is 11.8 Å². The molecule has 3 atom stereocenters. The number of rotatable bonds is 0. The number of fused-ring (bicyclic) bond motifs is 1. The number of aromatic hydroxyl groups is 1. The standard InChI is InChI=1S/C14H17NO2/c1-8-14-4-5-15-10(7-14)6-9-2-3-11(16)13(17-8)12(9)14/h2-3,8,10,15-16H,4-7H2,1H3. The molecule has 1 aromatic carbocycles. The van der Waals surface area contributed by atoms with Crippen molar-refractivity contribution in [1.29, 1.82) is 0 Å². The van der Waals surface area contributed by atoms with Gasteiger partial charge in [-0.1, -0.05) is 6.07 Å². The minimum absolute atomic E-state index is 0.150. The topological polar surface area (TPSA) is 41.5 Å². The Morgan fingerprint density at radius 2 is 2.35 bits per heavy atom. The molecule has 1 aromatic rings. The Bertz CT molecular complexity index is 499. The molecule has 1 spiro atoms. The molecule has 3 nitrogen and oxygen atoms in total. The molecule has 3 heteroatoms. The van der Waals surface area contributed by atoms with Crippen LogP contribution in [0.2, 0.25) is 0 Å². The smallest absolute Gasteiger partial charge is 0.165 e. The van der Waals surface area contributed by atoms with Gasteiger partial charge >= 0.3 is 0 Å². The molecule has 3 unspecified atom stereocenters. The molecule has 0 saturated carbocycles. The van der Waals surface area contributed by atoms with Crippen LogP contribution >= 0.6 is 0 Å². The fourth-order valence-electron chi connectivity index (χ4n) is 4.06. The molecule has 17 heavy (non-hydrogen) atoms. The van der Waals surface area contributed by atoms with E-state index in [9.17, 15) is 5.11 Å². The molecule has 90 valence electrons. The molecule has 2 N–H and O–H groups in total. The van der Waals surface area contributed by atoms with Crippen LogP contribution in [-0.4, -0.2) is 23.8 Å². The van der Waals surface area contributed by atoms with E-state index >= 15 is 0 Å². The van der Waals surface area contributed by atoms with Crippen LogP contribution < -0.4 is 10.1 Å². The highest BCUT2D eigenvalue weighted by atomic mass is 16.5. The number of nitrogens with one attached hydrogen (secondary N) is 1. The van der Waals surface area contributed by atoms with Crippen molar-refractivity contribution in [1.82, 2.24) is 5.32 Å². The quantitative estimate of drug-likeness (QED) is 0.714. The van der Waals surface area contributed by atoms with Gasteiger partial charge in [-0.25, -0.2) is 0 Å². The largest absolute Gasteiger partial charge is 0.504 e. The van der Waals surface area contributed by atoms with Gasteiger partial charge < -0.3 is 15.2 Å². The summed E-state index contributed by atoms with van der Waals surface area (Å²) in [5.41, 5.74) is 2.82. The first-order valence-electron chi connectivity index (χ1n) is 6.46. The first-order chi connectivity index (χ1) is 8.21. The predicted molar refractivity (Wildman–Crippen MR) is 64.6 cm³/mol. The number of hydrogen-bond acceptors (Lipinski definition) is 3. The summed E-state index contributed by atoms with van der Waals surface area (Å²) in [7, 11) is 0. The van der Waals surface area contributed by atoms with Gasteiger partial charge in [-0.2, -0.15) is 0 Å². The Morgan fingerprint density at radius 1 is 1.47 bits per heavy atom. The van der Waals surface area contributed by atoms with Crippen molar-refractivity contribution in [2.24, 2.45) is 0 Å². The molecular formula is C14H17NO2. The van der Waals surface area contributed by atoms with Crippen LogP contribution in [0.25, 0.3) is 0 Å². The van der Waals surface area contributed by atoms with E-state index in [1.165, 1.54) is 11.1 Å². The molecule has 4 rings (SSSR count). The first kappa shape index (κ1) is 9.77. The van der Waals surface area contributed by atoms with E-state index in [1.54, 1.807) is 6.07 Å². The summed E-state index contributed by atoms with van der Waals surface area (Å²) in [6.45, 7) is 3.21. The van der Waals surface area contributed by atoms with Crippen molar-refractivity contribution >= 4 is 0 Å². The molecule has 2 bridgehead atoms. The number of phenols is 1. The second-order valence-electron chi connectivity index (χ2n) is 5.67. The van der Waals surface area contributed by atoms with Gasteiger partial charge in [0.1, 0.15) is 6.10 Å². The normalized spacial score (nSPS) is 37.5. The monoisotopic (exact) mass is 231 g/mol. The Kier molecular flexibility index (Phi) is 1.70. The summed E-state index contributed by atoms with van der Waals surface area (Å²) in [4.78, 5) is 0. The van der Waals surface area contributed by atoms with Crippen LogP contribution in [0.15, 0.2) is 12.1 Å². The Labute approximate surface area is 101 Å². The number of ether oxygens (including phenoxy) is 1. The van der Waals surface area contributed by atoms with E-state index in [1.807, 2.05) is 0 Å². The molecule has 1 aliphatic carbocycles. The van der Waals surface area contributed by atoms with Gasteiger partial charge in [0.15, 0.2) is 11.5 Å². The molecule has 2 heterocycles. The van der Waals surface area contributed by atoms with Crippen LogP contribution in [0.3, 0.4) is 0 Å². The molecule has 1 fully saturated rings. The summed E-state index contributed by atoms with van der Waals surface area (Å²) >= 11 is 0. The molecule has 1 saturated heterocycles. The lowest BCUT2D eigenvalue weighted by Crippen LogP contribution is -2.54. The predicted octanol–water partition coefficient (Wildman–Crippen LogP) is 1.72. The second-order valence-corrected chi connectivity index (χ2v) is 5.67. The average molecular weight is 231 g/mol. The van der Waals surface area contributed by atoms with Crippen LogP contribution in [0.5, 0.6) is 11.5 Å². The summed E-state index contributed by atoms with van der Waals surface area (Å²) in [5.74, 6) is 1.07. The third kappa shape index (κ3) is 1.06. The zero-order chi connectivity index (χ0) is 11.6. The number of phenolic OH excluding ortho intramolecular Hbond substituents is 1. The SMILES string of the molecule is CC1Oc2c(O)ccc3c2C12CCNC(C3)C2. The van der Waals surface area contributed by atoms with Crippen molar-refractivity contribution in [2.45, 2.75) is 43.7 Å². The van der Waals surface area contributed by atoms with Gasteiger partial charge in [0.2, 0.25) is 0 Å². The summed E-state index contributed by atoms with van der Waals surface area (Å²) < 4.78 is 5.96. The zero-order valence-electron chi connectivity index (χ0n) is 9.99. The van der Waals surface area contributed by atoms with Gasteiger partial charge in [-0.05, 0) is 44.4 Å². The summed E-state index contributed by atoms with van der Waals surface area (Å²) in [6, 6.07) is 4.43. The van der Waals surface area contributed by atoms with E-state index in [0.29, 0.717) is 11.8 Å². The van der Waals surface area contributed by atoms with Crippen molar-refractivity contribution in [2.75, 3.05) is 6.54 Å². The van der Waals surface area contributed by atoms with Crippen molar-refractivity contribution in [3.05, 3.63) is 23.3 Å². The summed E-state index contributed by atoms with van der Waals surface area (Å²) in [6.07, 6.45) is 3.53. The molecule has 3 aliphatic rings. The van der Waals surface area contributed by atoms with Gasteiger partial charge in [0.25, 0.3) is 0 Å². The maximum absolute atomic E-state index is 9.96. The molecule has 0 radical (unpaired) electrons.